The molecule has 1 saturated carbocycles. The third kappa shape index (κ3) is 2.43. The van der Waals surface area contributed by atoms with E-state index in [1.807, 2.05) is 28.8 Å². The Labute approximate surface area is 126 Å². The van der Waals surface area contributed by atoms with Gasteiger partial charge in [-0.25, -0.2) is 4.98 Å². The number of nitrogens with two attached hydrogens (primary N) is 1. The summed E-state index contributed by atoms with van der Waals surface area (Å²) < 4.78 is 4.23. The third-order valence-electron chi connectivity index (χ3n) is 3.59. The van der Waals surface area contributed by atoms with Crippen LogP contribution in [0.1, 0.15) is 30.4 Å². The number of imidazole rings is 1. The first-order chi connectivity index (χ1) is 10.3. The molecule has 1 aliphatic rings. The van der Waals surface area contributed by atoms with Crippen LogP contribution < -0.4 is 5.73 Å². The lowest BCUT2D eigenvalue weighted by atomic mass is 10.5. The molecule has 1 fully saturated rings. The summed E-state index contributed by atoms with van der Waals surface area (Å²) in [5, 5.41) is 9.42. The van der Waals surface area contributed by atoms with Crippen LogP contribution in [-0.2, 0) is 12.3 Å². The number of aromatic nitrogens is 5. The molecule has 3 aromatic heterocycles. The fourth-order valence-electron chi connectivity index (χ4n) is 2.44. The lowest BCUT2D eigenvalue weighted by Gasteiger charge is -2.06. The van der Waals surface area contributed by atoms with E-state index in [9.17, 15) is 0 Å². The minimum absolute atomic E-state index is 0.443. The van der Waals surface area contributed by atoms with Gasteiger partial charge in [-0.05, 0) is 25.0 Å². The Balaban J connectivity index is 1.55. The Bertz CT molecular complexity index is 740. The molecule has 3 heterocycles. The van der Waals surface area contributed by atoms with Crippen LogP contribution in [0.4, 0.5) is 0 Å². The van der Waals surface area contributed by atoms with E-state index in [-0.39, 0.29) is 0 Å². The van der Waals surface area contributed by atoms with Crippen molar-refractivity contribution >= 4 is 17.4 Å². The average molecular weight is 300 g/mol. The first kappa shape index (κ1) is 12.8. The number of pyridine rings is 1. The molecule has 0 spiro atoms. The van der Waals surface area contributed by atoms with E-state index in [1.165, 1.54) is 12.8 Å². The molecule has 6 nitrogen and oxygen atoms in total. The summed E-state index contributed by atoms with van der Waals surface area (Å²) in [6, 6.07) is 6.55. The van der Waals surface area contributed by atoms with Crippen molar-refractivity contribution in [1.82, 2.24) is 24.1 Å². The summed E-state index contributed by atoms with van der Waals surface area (Å²) in [4.78, 5) is 4.60. The van der Waals surface area contributed by atoms with E-state index in [2.05, 4.69) is 25.9 Å². The van der Waals surface area contributed by atoms with Crippen molar-refractivity contribution in [3.05, 3.63) is 42.1 Å². The van der Waals surface area contributed by atoms with Gasteiger partial charge in [0.25, 0.3) is 0 Å². The highest BCUT2D eigenvalue weighted by atomic mass is 32.2. The number of hydrogen-bond donors (Lipinski definition) is 1. The Morgan fingerprint density at radius 2 is 2.19 bits per heavy atom. The van der Waals surface area contributed by atoms with E-state index < -0.39 is 0 Å². The molecule has 0 unspecified atom stereocenters. The Hall–Kier alpha value is -1.86. The minimum atomic E-state index is 0.443. The summed E-state index contributed by atoms with van der Waals surface area (Å²) in [6.45, 7) is 0.443. The molecule has 3 aromatic rings. The van der Waals surface area contributed by atoms with Crippen molar-refractivity contribution in [1.29, 1.82) is 0 Å². The molecular formula is C14H16N6S. The van der Waals surface area contributed by atoms with Gasteiger partial charge in [0, 0.05) is 24.2 Å². The van der Waals surface area contributed by atoms with Crippen LogP contribution in [0.25, 0.3) is 5.65 Å². The highest BCUT2D eigenvalue weighted by Gasteiger charge is 2.29. The lowest BCUT2D eigenvalue weighted by molar-refractivity contribution is 0.626. The lowest BCUT2D eigenvalue weighted by Crippen LogP contribution is -2.08. The highest BCUT2D eigenvalue weighted by molar-refractivity contribution is 7.98. The highest BCUT2D eigenvalue weighted by Crippen LogP contribution is 2.39. The second-order valence-corrected chi connectivity index (χ2v) is 6.13. The Kier molecular flexibility index (Phi) is 3.16. The fraction of sp³-hybridized carbons (Fsp3) is 0.357. The molecule has 1 aliphatic carbocycles. The number of hydrogen-bond acceptors (Lipinski definition) is 5. The van der Waals surface area contributed by atoms with Gasteiger partial charge < -0.3 is 14.7 Å². The largest absolute Gasteiger partial charge is 0.324 e. The van der Waals surface area contributed by atoms with E-state index in [0.717, 1.165) is 28.1 Å². The van der Waals surface area contributed by atoms with Gasteiger partial charge in [-0.3, -0.25) is 0 Å². The van der Waals surface area contributed by atoms with Crippen LogP contribution in [0.15, 0.2) is 35.7 Å². The van der Waals surface area contributed by atoms with Crippen molar-refractivity contribution in [3.63, 3.8) is 0 Å². The van der Waals surface area contributed by atoms with Crippen LogP contribution in [0.5, 0.6) is 0 Å². The van der Waals surface area contributed by atoms with Gasteiger partial charge in [-0.15, -0.1) is 10.2 Å². The molecule has 0 aromatic carbocycles. The number of rotatable bonds is 5. The van der Waals surface area contributed by atoms with E-state index in [1.54, 1.807) is 11.8 Å². The maximum atomic E-state index is 5.74. The normalized spacial score (nSPS) is 14.9. The zero-order valence-corrected chi connectivity index (χ0v) is 12.3. The van der Waals surface area contributed by atoms with Crippen LogP contribution >= 0.6 is 11.8 Å². The molecule has 0 radical (unpaired) electrons. The summed E-state index contributed by atoms with van der Waals surface area (Å²) in [7, 11) is 0. The summed E-state index contributed by atoms with van der Waals surface area (Å²) in [5.41, 5.74) is 7.76. The van der Waals surface area contributed by atoms with Gasteiger partial charge >= 0.3 is 0 Å². The van der Waals surface area contributed by atoms with Crippen LogP contribution in [-0.4, -0.2) is 24.1 Å². The van der Waals surface area contributed by atoms with E-state index in [4.69, 9.17) is 5.73 Å². The summed E-state index contributed by atoms with van der Waals surface area (Å²) in [6.07, 6.45) is 6.47. The van der Waals surface area contributed by atoms with Crippen LogP contribution in [0, 0.1) is 0 Å². The average Bonchev–Trinajstić information content (AvgIpc) is 3.13. The van der Waals surface area contributed by atoms with Gasteiger partial charge in [0.15, 0.2) is 5.16 Å². The molecule has 0 bridgehead atoms. The van der Waals surface area contributed by atoms with Crippen molar-refractivity contribution < 1.29 is 0 Å². The van der Waals surface area contributed by atoms with Gasteiger partial charge in [0.05, 0.1) is 12.2 Å². The molecule has 0 atom stereocenters. The molecule has 0 saturated heterocycles. The predicted molar refractivity (Wildman–Crippen MR) is 80.9 cm³/mol. The summed E-state index contributed by atoms with van der Waals surface area (Å²) >= 11 is 1.68. The number of thioether (sulfide) groups is 1. The molecule has 108 valence electrons. The third-order valence-corrected chi connectivity index (χ3v) is 4.57. The van der Waals surface area contributed by atoms with Crippen molar-refractivity contribution in [2.45, 2.75) is 36.3 Å². The van der Waals surface area contributed by atoms with Gasteiger partial charge in [0.2, 0.25) is 0 Å². The fourth-order valence-corrected chi connectivity index (χ4v) is 3.35. The van der Waals surface area contributed by atoms with E-state index in [0.29, 0.717) is 12.6 Å². The Morgan fingerprint density at radius 3 is 2.95 bits per heavy atom. The van der Waals surface area contributed by atoms with Crippen molar-refractivity contribution in [2.75, 3.05) is 0 Å². The topological polar surface area (TPSA) is 74.0 Å². The smallest absolute Gasteiger partial charge is 0.191 e. The minimum Gasteiger partial charge on any atom is -0.324 e. The van der Waals surface area contributed by atoms with Gasteiger partial charge in [-0.1, -0.05) is 17.8 Å². The maximum Gasteiger partial charge on any atom is 0.191 e. The van der Waals surface area contributed by atoms with Gasteiger partial charge in [0.1, 0.15) is 11.5 Å². The first-order valence-corrected chi connectivity index (χ1v) is 8.03. The zero-order chi connectivity index (χ0) is 14.2. The molecular weight excluding hydrogens is 284 g/mol. The van der Waals surface area contributed by atoms with Crippen molar-refractivity contribution in [2.24, 2.45) is 5.73 Å². The molecule has 0 amide bonds. The standard InChI is InChI=1S/C14H16N6S/c15-7-13-17-18-14(20(13)11-4-5-11)21-9-10-8-19-6-2-1-3-12(19)16-10/h1-3,6,8,11H,4-5,7,9,15H2. The van der Waals surface area contributed by atoms with Crippen LogP contribution in [0.3, 0.4) is 0 Å². The van der Waals surface area contributed by atoms with Crippen molar-refractivity contribution in [3.8, 4) is 0 Å². The zero-order valence-electron chi connectivity index (χ0n) is 11.5. The second-order valence-electron chi connectivity index (χ2n) is 5.19. The second kappa shape index (κ2) is 5.16. The first-order valence-electron chi connectivity index (χ1n) is 7.04. The quantitative estimate of drug-likeness (QED) is 0.730. The molecule has 4 rings (SSSR count). The Morgan fingerprint density at radius 1 is 1.29 bits per heavy atom. The SMILES string of the molecule is NCc1nnc(SCc2cn3ccccc3n2)n1C1CC1. The van der Waals surface area contributed by atoms with Gasteiger partial charge in [-0.2, -0.15) is 0 Å². The molecule has 7 heteroatoms. The molecule has 21 heavy (non-hydrogen) atoms. The number of nitrogens with zero attached hydrogens (tertiary/aromatic N) is 5. The maximum absolute atomic E-state index is 5.74. The molecule has 2 N–H and O–H groups in total. The monoisotopic (exact) mass is 300 g/mol. The summed E-state index contributed by atoms with van der Waals surface area (Å²) in [5.74, 6) is 1.67. The predicted octanol–water partition coefficient (Wildman–Crippen LogP) is 2.01. The van der Waals surface area contributed by atoms with Crippen LogP contribution in [0.2, 0.25) is 0 Å². The number of fused-ring (bicyclic) bond motifs is 1. The van der Waals surface area contributed by atoms with E-state index >= 15 is 0 Å². The molecule has 0 aliphatic heterocycles.